The number of pyridine rings is 1. The number of halogens is 1. The van der Waals surface area contributed by atoms with Crippen molar-refractivity contribution in [1.29, 1.82) is 0 Å². The van der Waals surface area contributed by atoms with Gasteiger partial charge in [-0.3, -0.25) is 4.98 Å². The van der Waals surface area contributed by atoms with Crippen molar-refractivity contribution < 1.29 is 0 Å². The van der Waals surface area contributed by atoms with E-state index in [0.717, 1.165) is 22.3 Å². The molecule has 16 heavy (non-hydrogen) atoms. The highest BCUT2D eigenvalue weighted by Crippen LogP contribution is 2.10. The van der Waals surface area contributed by atoms with Crippen molar-refractivity contribution >= 4 is 15.9 Å². The smallest absolute Gasteiger partial charge is 0.0964 e. The van der Waals surface area contributed by atoms with Crippen molar-refractivity contribution in [2.24, 2.45) is 0 Å². The quantitative estimate of drug-likeness (QED) is 0.915. The van der Waals surface area contributed by atoms with Gasteiger partial charge in [0.1, 0.15) is 0 Å². The van der Waals surface area contributed by atoms with E-state index in [1.54, 1.807) is 10.9 Å². The van der Waals surface area contributed by atoms with Crippen molar-refractivity contribution in [2.75, 3.05) is 7.05 Å². The zero-order valence-electron chi connectivity index (χ0n) is 8.89. The first-order valence-corrected chi connectivity index (χ1v) is 5.70. The molecule has 6 heteroatoms. The molecule has 0 atom stereocenters. The van der Waals surface area contributed by atoms with Gasteiger partial charge in [0.2, 0.25) is 0 Å². The molecule has 2 rings (SSSR count). The molecular formula is C10H12BrN5. The second kappa shape index (κ2) is 5.18. The minimum atomic E-state index is 0.684. The molecule has 1 N–H and O–H groups in total. The number of hydrogen-bond donors (Lipinski definition) is 1. The predicted molar refractivity (Wildman–Crippen MR) is 63.8 cm³/mol. The maximum absolute atomic E-state index is 4.10. The van der Waals surface area contributed by atoms with E-state index in [1.807, 2.05) is 25.5 Å². The van der Waals surface area contributed by atoms with E-state index in [2.05, 4.69) is 36.5 Å². The Morgan fingerprint density at radius 3 is 3.06 bits per heavy atom. The molecule has 0 unspecified atom stereocenters. The monoisotopic (exact) mass is 281 g/mol. The minimum absolute atomic E-state index is 0.684. The lowest BCUT2D eigenvalue weighted by Crippen LogP contribution is -2.05. The number of aromatic nitrogens is 4. The Balaban J connectivity index is 2.08. The van der Waals surface area contributed by atoms with Crippen LogP contribution < -0.4 is 5.32 Å². The largest absolute Gasteiger partial charge is 0.314 e. The molecule has 0 aliphatic carbocycles. The van der Waals surface area contributed by atoms with Gasteiger partial charge in [0.15, 0.2) is 0 Å². The second-order valence-electron chi connectivity index (χ2n) is 3.45. The van der Waals surface area contributed by atoms with Crippen LogP contribution in [0.3, 0.4) is 0 Å². The SMILES string of the molecule is CNCc1cn(Cc2cncc(Br)c2)nn1. The van der Waals surface area contributed by atoms with Crippen LogP contribution >= 0.6 is 15.9 Å². The third-order valence-electron chi connectivity index (χ3n) is 2.05. The van der Waals surface area contributed by atoms with E-state index in [-0.39, 0.29) is 0 Å². The first-order valence-electron chi connectivity index (χ1n) is 4.91. The third-order valence-corrected chi connectivity index (χ3v) is 2.48. The Labute approximate surface area is 102 Å². The second-order valence-corrected chi connectivity index (χ2v) is 4.36. The lowest BCUT2D eigenvalue weighted by Gasteiger charge is -2.00. The average molecular weight is 282 g/mol. The van der Waals surface area contributed by atoms with Gasteiger partial charge in [0, 0.05) is 23.4 Å². The maximum Gasteiger partial charge on any atom is 0.0964 e. The van der Waals surface area contributed by atoms with Crippen molar-refractivity contribution in [2.45, 2.75) is 13.1 Å². The van der Waals surface area contributed by atoms with Gasteiger partial charge in [0.25, 0.3) is 0 Å². The summed E-state index contributed by atoms with van der Waals surface area (Å²) in [5.74, 6) is 0. The van der Waals surface area contributed by atoms with Crippen molar-refractivity contribution in [3.8, 4) is 0 Å². The van der Waals surface area contributed by atoms with Crippen LogP contribution in [-0.2, 0) is 13.1 Å². The summed E-state index contributed by atoms with van der Waals surface area (Å²) in [7, 11) is 1.89. The van der Waals surface area contributed by atoms with Gasteiger partial charge >= 0.3 is 0 Å². The lowest BCUT2D eigenvalue weighted by atomic mass is 10.3. The Morgan fingerprint density at radius 1 is 1.44 bits per heavy atom. The van der Waals surface area contributed by atoms with Crippen LogP contribution in [0.4, 0.5) is 0 Å². The fraction of sp³-hybridized carbons (Fsp3) is 0.300. The van der Waals surface area contributed by atoms with Crippen LogP contribution in [0.1, 0.15) is 11.3 Å². The first-order chi connectivity index (χ1) is 7.78. The van der Waals surface area contributed by atoms with Crippen LogP contribution in [0.15, 0.2) is 29.1 Å². The van der Waals surface area contributed by atoms with Crippen LogP contribution in [-0.4, -0.2) is 27.0 Å². The van der Waals surface area contributed by atoms with Gasteiger partial charge in [-0.05, 0) is 34.6 Å². The highest BCUT2D eigenvalue weighted by Gasteiger charge is 2.01. The first kappa shape index (κ1) is 11.2. The molecule has 0 saturated carbocycles. The molecule has 0 aliphatic rings. The van der Waals surface area contributed by atoms with Crippen LogP contribution in [0.25, 0.3) is 0 Å². The molecule has 0 bridgehead atoms. The number of nitrogens with zero attached hydrogens (tertiary/aromatic N) is 4. The number of rotatable bonds is 4. The summed E-state index contributed by atoms with van der Waals surface area (Å²) in [5.41, 5.74) is 2.03. The topological polar surface area (TPSA) is 55.6 Å². The van der Waals surface area contributed by atoms with Gasteiger partial charge in [0.05, 0.1) is 18.4 Å². The van der Waals surface area contributed by atoms with Gasteiger partial charge in [-0.1, -0.05) is 5.21 Å². The molecule has 0 amide bonds. The molecule has 84 valence electrons. The third kappa shape index (κ3) is 2.86. The maximum atomic E-state index is 4.10. The number of nitrogens with one attached hydrogen (secondary N) is 1. The van der Waals surface area contributed by atoms with Gasteiger partial charge in [-0.25, -0.2) is 4.68 Å². The zero-order valence-corrected chi connectivity index (χ0v) is 10.5. The molecule has 0 aromatic carbocycles. The Hall–Kier alpha value is -1.27. The van der Waals surface area contributed by atoms with E-state index in [1.165, 1.54) is 0 Å². The molecule has 2 aromatic rings. The van der Waals surface area contributed by atoms with E-state index in [9.17, 15) is 0 Å². The fourth-order valence-corrected chi connectivity index (χ4v) is 1.82. The average Bonchev–Trinajstić information content (AvgIpc) is 2.66. The van der Waals surface area contributed by atoms with E-state index >= 15 is 0 Å². The van der Waals surface area contributed by atoms with Crippen molar-refractivity contribution in [1.82, 2.24) is 25.3 Å². The summed E-state index contributed by atoms with van der Waals surface area (Å²) >= 11 is 3.39. The molecule has 0 fully saturated rings. The minimum Gasteiger partial charge on any atom is -0.314 e. The molecule has 0 saturated heterocycles. The molecule has 0 spiro atoms. The molecule has 0 aliphatic heterocycles. The van der Waals surface area contributed by atoms with Gasteiger partial charge in [-0.15, -0.1) is 5.10 Å². The van der Waals surface area contributed by atoms with Crippen LogP contribution in [0, 0.1) is 0 Å². The molecule has 2 aromatic heterocycles. The van der Waals surface area contributed by atoms with E-state index < -0.39 is 0 Å². The normalized spacial score (nSPS) is 10.6. The van der Waals surface area contributed by atoms with E-state index in [0.29, 0.717) is 6.54 Å². The van der Waals surface area contributed by atoms with Crippen LogP contribution in [0.5, 0.6) is 0 Å². The van der Waals surface area contributed by atoms with E-state index in [4.69, 9.17) is 0 Å². The summed E-state index contributed by atoms with van der Waals surface area (Å²) in [6.45, 7) is 1.42. The van der Waals surface area contributed by atoms with Crippen molar-refractivity contribution in [3.63, 3.8) is 0 Å². The molecular weight excluding hydrogens is 270 g/mol. The predicted octanol–water partition coefficient (Wildman–Crippen LogP) is 1.20. The summed E-state index contributed by atoms with van der Waals surface area (Å²) in [6, 6.07) is 2.02. The summed E-state index contributed by atoms with van der Waals surface area (Å²) < 4.78 is 2.77. The molecule has 5 nitrogen and oxygen atoms in total. The highest BCUT2D eigenvalue weighted by molar-refractivity contribution is 9.10. The van der Waals surface area contributed by atoms with Gasteiger partial charge < -0.3 is 5.32 Å². The summed E-state index contributed by atoms with van der Waals surface area (Å²) in [5, 5.41) is 11.1. The molecule has 0 radical (unpaired) electrons. The standard InChI is InChI=1S/C10H12BrN5/c1-12-5-10-7-16(15-14-10)6-8-2-9(11)4-13-3-8/h2-4,7,12H,5-6H2,1H3. The zero-order chi connectivity index (χ0) is 11.4. The summed E-state index contributed by atoms with van der Waals surface area (Å²) in [6.07, 6.45) is 5.51. The Morgan fingerprint density at radius 2 is 2.31 bits per heavy atom. The Bertz CT molecular complexity index is 468. The Kier molecular flexibility index (Phi) is 3.63. The van der Waals surface area contributed by atoms with Crippen molar-refractivity contribution in [3.05, 3.63) is 40.4 Å². The lowest BCUT2D eigenvalue weighted by molar-refractivity contribution is 0.647. The van der Waals surface area contributed by atoms with Gasteiger partial charge in [-0.2, -0.15) is 0 Å². The van der Waals surface area contributed by atoms with Crippen LogP contribution in [0.2, 0.25) is 0 Å². The fourth-order valence-electron chi connectivity index (χ4n) is 1.41. The number of hydrogen-bond acceptors (Lipinski definition) is 4. The highest BCUT2D eigenvalue weighted by atomic mass is 79.9. The molecule has 2 heterocycles. The summed E-state index contributed by atoms with van der Waals surface area (Å²) in [4.78, 5) is 4.10.